The molecule has 5 nitrogen and oxygen atoms in total. The highest BCUT2D eigenvalue weighted by atomic mass is 35.5. The maximum absolute atomic E-state index is 10.1. The number of carbonyl (C=O) groups is 1. The van der Waals surface area contributed by atoms with E-state index < -0.39 is 5.97 Å². The lowest BCUT2D eigenvalue weighted by molar-refractivity contribution is 0.0683. The van der Waals surface area contributed by atoms with Crippen molar-refractivity contribution >= 4 is 17.6 Å². The highest BCUT2D eigenvalue weighted by Gasteiger charge is 2.05. The van der Waals surface area contributed by atoms with Crippen molar-refractivity contribution in [3.63, 3.8) is 0 Å². The fourth-order valence-electron chi connectivity index (χ4n) is 0.379. The zero-order valence-electron chi connectivity index (χ0n) is 4.65. The van der Waals surface area contributed by atoms with Crippen LogP contribution in [0.3, 0.4) is 0 Å². The Morgan fingerprint density at radius 3 is 2.70 bits per heavy atom. The van der Waals surface area contributed by atoms with Crippen LogP contribution in [0, 0.1) is 0 Å². The number of carboxylic acids is 1. The van der Waals surface area contributed by atoms with E-state index in [2.05, 4.69) is 15.0 Å². The molecule has 1 aromatic rings. The Hall–Kier alpha value is -1.23. The smallest absolute Gasteiger partial charge is 0.374 e. The molecule has 0 aromatic carbocycles. The van der Waals surface area contributed by atoms with Gasteiger partial charge in [0.05, 0.1) is 0 Å². The molecule has 0 atom stereocenters. The molecule has 0 unspecified atom stereocenters. The number of halogens is 1. The van der Waals surface area contributed by atoms with Crippen molar-refractivity contribution in [3.8, 4) is 0 Å². The van der Waals surface area contributed by atoms with Crippen LogP contribution < -0.4 is 0 Å². The van der Waals surface area contributed by atoms with E-state index in [-0.39, 0.29) is 11.1 Å². The summed E-state index contributed by atoms with van der Waals surface area (Å²) in [4.78, 5) is 20.2. The van der Waals surface area contributed by atoms with Crippen LogP contribution in [0.25, 0.3) is 0 Å². The molecule has 0 aliphatic carbocycles. The van der Waals surface area contributed by atoms with Crippen LogP contribution in [0.2, 0.25) is 5.28 Å². The van der Waals surface area contributed by atoms with E-state index in [4.69, 9.17) is 16.7 Å². The monoisotopic (exact) mass is 159 g/mol. The van der Waals surface area contributed by atoms with Crippen molar-refractivity contribution in [2.75, 3.05) is 0 Å². The molecule has 10 heavy (non-hydrogen) atoms. The van der Waals surface area contributed by atoms with E-state index in [0.29, 0.717) is 0 Å². The summed E-state index contributed by atoms with van der Waals surface area (Å²) in [6, 6.07) is 0. The largest absolute Gasteiger partial charge is 0.475 e. The minimum Gasteiger partial charge on any atom is -0.475 e. The fraction of sp³-hybridized carbons (Fsp3) is 0. The van der Waals surface area contributed by atoms with Gasteiger partial charge in [0.2, 0.25) is 11.1 Å². The minimum atomic E-state index is -1.22. The molecule has 1 heterocycles. The summed E-state index contributed by atoms with van der Waals surface area (Å²) < 4.78 is 0. The van der Waals surface area contributed by atoms with Crippen molar-refractivity contribution in [1.29, 1.82) is 0 Å². The van der Waals surface area contributed by atoms with Gasteiger partial charge in [-0.05, 0) is 11.6 Å². The van der Waals surface area contributed by atoms with E-state index in [9.17, 15) is 4.79 Å². The Labute approximate surface area is 60.7 Å². The van der Waals surface area contributed by atoms with Gasteiger partial charge in [-0.3, -0.25) is 0 Å². The van der Waals surface area contributed by atoms with E-state index in [1.807, 2.05) is 0 Å². The van der Waals surface area contributed by atoms with Gasteiger partial charge in [0.15, 0.2) is 0 Å². The maximum atomic E-state index is 10.1. The summed E-state index contributed by atoms with van der Waals surface area (Å²) in [5.74, 6) is -1.57. The van der Waals surface area contributed by atoms with E-state index in [0.717, 1.165) is 6.33 Å². The first-order chi connectivity index (χ1) is 4.70. The predicted octanol–water partition coefficient (Wildman–Crippen LogP) is 0.223. The summed E-state index contributed by atoms with van der Waals surface area (Å²) in [6.45, 7) is 0. The Balaban J connectivity index is 3.07. The van der Waals surface area contributed by atoms with Gasteiger partial charge in [0.1, 0.15) is 6.33 Å². The van der Waals surface area contributed by atoms with Crippen LogP contribution in [0.5, 0.6) is 0 Å². The lowest BCUT2D eigenvalue weighted by Gasteiger charge is -1.89. The van der Waals surface area contributed by atoms with Crippen molar-refractivity contribution in [2.24, 2.45) is 0 Å². The maximum Gasteiger partial charge on any atom is 0.374 e. The first-order valence-corrected chi connectivity index (χ1v) is 2.66. The Kier molecular flexibility index (Phi) is 1.77. The van der Waals surface area contributed by atoms with Crippen molar-refractivity contribution in [3.05, 3.63) is 17.4 Å². The number of rotatable bonds is 1. The molecule has 6 heteroatoms. The second kappa shape index (κ2) is 2.57. The molecule has 0 fully saturated rings. The summed E-state index contributed by atoms with van der Waals surface area (Å²) in [7, 11) is 0. The third kappa shape index (κ3) is 1.38. The van der Waals surface area contributed by atoms with E-state index in [1.54, 1.807) is 0 Å². The fourth-order valence-corrected chi connectivity index (χ4v) is 0.503. The van der Waals surface area contributed by atoms with E-state index >= 15 is 0 Å². The summed E-state index contributed by atoms with van der Waals surface area (Å²) in [6.07, 6.45) is 1.04. The highest BCUT2D eigenvalue weighted by Crippen LogP contribution is 1.96. The average Bonchev–Trinajstić information content (AvgIpc) is 1.88. The second-order valence-electron chi connectivity index (χ2n) is 1.38. The first-order valence-electron chi connectivity index (χ1n) is 2.28. The van der Waals surface area contributed by atoms with Crippen LogP contribution in [0.1, 0.15) is 10.6 Å². The Morgan fingerprint density at radius 2 is 2.30 bits per heavy atom. The molecule has 0 amide bonds. The number of hydrogen-bond acceptors (Lipinski definition) is 4. The van der Waals surface area contributed by atoms with Gasteiger partial charge in [-0.15, -0.1) is 0 Å². The summed E-state index contributed by atoms with van der Waals surface area (Å²) in [5, 5.41) is 8.18. The molecule has 0 aliphatic rings. The van der Waals surface area contributed by atoms with Gasteiger partial charge in [0, 0.05) is 0 Å². The SMILES string of the molecule is O=C(O)c1ncnc(Cl)n1. The predicted molar refractivity (Wildman–Crippen MR) is 31.8 cm³/mol. The number of aromatic nitrogens is 3. The van der Waals surface area contributed by atoms with Gasteiger partial charge in [-0.25, -0.2) is 14.8 Å². The highest BCUT2D eigenvalue weighted by molar-refractivity contribution is 6.28. The number of carboxylic acid groups (broad SMARTS) is 1. The summed E-state index contributed by atoms with van der Waals surface area (Å²) >= 11 is 5.26. The molecular weight excluding hydrogens is 158 g/mol. The lowest BCUT2D eigenvalue weighted by Crippen LogP contribution is -2.04. The minimum absolute atomic E-state index is 0.118. The van der Waals surface area contributed by atoms with Gasteiger partial charge < -0.3 is 5.11 Å². The molecule has 0 saturated carbocycles. The van der Waals surface area contributed by atoms with Gasteiger partial charge >= 0.3 is 5.97 Å². The van der Waals surface area contributed by atoms with Crippen LogP contribution >= 0.6 is 11.6 Å². The van der Waals surface area contributed by atoms with E-state index in [1.165, 1.54) is 0 Å². The third-order valence-corrected chi connectivity index (χ3v) is 0.916. The quantitative estimate of drug-likeness (QED) is 0.635. The molecule has 1 rings (SSSR count). The standard InChI is InChI=1S/C4H2ClN3O2/c5-4-7-1-6-2(8-4)3(9)10/h1H,(H,9,10). The topological polar surface area (TPSA) is 76.0 Å². The summed E-state index contributed by atoms with van der Waals surface area (Å²) in [5.41, 5.74) is 0. The van der Waals surface area contributed by atoms with Crippen molar-refractivity contribution < 1.29 is 9.90 Å². The van der Waals surface area contributed by atoms with Crippen molar-refractivity contribution in [2.45, 2.75) is 0 Å². The zero-order valence-corrected chi connectivity index (χ0v) is 5.41. The van der Waals surface area contributed by atoms with Gasteiger partial charge in [-0.1, -0.05) is 0 Å². The normalized spacial score (nSPS) is 9.30. The van der Waals surface area contributed by atoms with Gasteiger partial charge in [-0.2, -0.15) is 4.98 Å². The molecular formula is C4H2ClN3O2. The third-order valence-electron chi connectivity index (χ3n) is 0.734. The number of aromatic carboxylic acids is 1. The molecule has 1 N–H and O–H groups in total. The molecule has 0 radical (unpaired) electrons. The van der Waals surface area contributed by atoms with Crippen LogP contribution in [-0.4, -0.2) is 26.0 Å². The van der Waals surface area contributed by atoms with Crippen LogP contribution in [-0.2, 0) is 0 Å². The molecule has 0 bridgehead atoms. The van der Waals surface area contributed by atoms with Crippen molar-refractivity contribution in [1.82, 2.24) is 15.0 Å². The molecule has 0 saturated heterocycles. The zero-order chi connectivity index (χ0) is 7.56. The molecule has 0 spiro atoms. The van der Waals surface area contributed by atoms with Gasteiger partial charge in [0.25, 0.3) is 0 Å². The lowest BCUT2D eigenvalue weighted by atomic mass is 10.6. The average molecular weight is 160 g/mol. The van der Waals surface area contributed by atoms with Crippen LogP contribution in [0.4, 0.5) is 0 Å². The molecule has 52 valence electrons. The van der Waals surface area contributed by atoms with Crippen LogP contribution in [0.15, 0.2) is 6.33 Å². The molecule has 1 aromatic heterocycles. The second-order valence-corrected chi connectivity index (χ2v) is 1.72. The Bertz CT molecular complexity index is 264. The number of hydrogen-bond donors (Lipinski definition) is 1. The first kappa shape index (κ1) is 6.88. The Morgan fingerprint density at radius 1 is 1.60 bits per heavy atom. The molecule has 0 aliphatic heterocycles. The number of nitrogens with zero attached hydrogens (tertiary/aromatic N) is 3.